The first-order chi connectivity index (χ1) is 10.1. The molecule has 0 bridgehead atoms. The molecule has 0 radical (unpaired) electrons. The average molecular weight is 283 g/mol. The minimum atomic E-state index is -0.880. The number of fused-ring (bicyclic) bond motifs is 1. The molecule has 1 aromatic rings. The zero-order valence-electron chi connectivity index (χ0n) is 11.9. The molecular formula is C16H17N3O2. The summed E-state index contributed by atoms with van der Waals surface area (Å²) in [5.74, 6) is -0.303. The van der Waals surface area contributed by atoms with Crippen LogP contribution < -0.4 is 5.32 Å². The number of likely N-dealkylation sites (tertiary alicyclic amines) is 1. The van der Waals surface area contributed by atoms with Crippen molar-refractivity contribution in [3.8, 4) is 6.07 Å². The van der Waals surface area contributed by atoms with Gasteiger partial charge in [-0.1, -0.05) is 30.3 Å². The summed E-state index contributed by atoms with van der Waals surface area (Å²) in [6, 6.07) is 11.7. The third-order valence-corrected chi connectivity index (χ3v) is 4.55. The quantitative estimate of drug-likeness (QED) is 0.819. The van der Waals surface area contributed by atoms with Gasteiger partial charge in [-0.25, -0.2) is 0 Å². The summed E-state index contributed by atoms with van der Waals surface area (Å²) in [5.41, 5.74) is -0.0338. The van der Waals surface area contributed by atoms with Crippen molar-refractivity contribution in [1.29, 1.82) is 5.26 Å². The van der Waals surface area contributed by atoms with Gasteiger partial charge in [0.15, 0.2) is 0 Å². The van der Waals surface area contributed by atoms with E-state index in [2.05, 4.69) is 11.4 Å². The van der Waals surface area contributed by atoms with Crippen molar-refractivity contribution in [3.63, 3.8) is 0 Å². The van der Waals surface area contributed by atoms with Crippen LogP contribution in [-0.2, 0) is 15.1 Å². The summed E-state index contributed by atoms with van der Waals surface area (Å²) in [4.78, 5) is 25.3. The molecule has 3 unspecified atom stereocenters. The molecule has 1 aliphatic carbocycles. The monoisotopic (exact) mass is 283 g/mol. The number of imide groups is 1. The predicted octanol–water partition coefficient (Wildman–Crippen LogP) is 1.02. The van der Waals surface area contributed by atoms with Gasteiger partial charge < -0.3 is 0 Å². The first kappa shape index (κ1) is 13.8. The summed E-state index contributed by atoms with van der Waals surface area (Å²) in [6.45, 7) is 0.286. The van der Waals surface area contributed by atoms with E-state index in [1.165, 1.54) is 4.90 Å². The van der Waals surface area contributed by atoms with Gasteiger partial charge in [0.1, 0.15) is 5.54 Å². The summed E-state index contributed by atoms with van der Waals surface area (Å²) >= 11 is 0. The second kappa shape index (κ2) is 4.97. The zero-order valence-corrected chi connectivity index (χ0v) is 11.9. The van der Waals surface area contributed by atoms with Gasteiger partial charge in [-0.3, -0.25) is 19.8 Å². The van der Waals surface area contributed by atoms with Crippen molar-refractivity contribution in [2.75, 3.05) is 13.6 Å². The van der Waals surface area contributed by atoms with Crippen molar-refractivity contribution in [3.05, 3.63) is 35.9 Å². The standard InChI is InChI=1S/C16H17N3O2/c1-18-16(10-17,11-5-3-2-4-6-11)7-8-19-14(20)12-9-13(12)15(19)21/h2-6,12-13,18H,7-9H2,1H3. The normalized spacial score (nSPS) is 26.2. The number of carbonyl (C=O) groups excluding carboxylic acids is 2. The van der Waals surface area contributed by atoms with Crippen molar-refractivity contribution < 1.29 is 9.59 Å². The van der Waals surface area contributed by atoms with Gasteiger partial charge in [-0.15, -0.1) is 0 Å². The lowest BCUT2D eigenvalue weighted by Gasteiger charge is -2.29. The first-order valence-corrected chi connectivity index (χ1v) is 7.14. The van der Waals surface area contributed by atoms with E-state index in [0.717, 1.165) is 5.56 Å². The number of nitrogens with one attached hydrogen (secondary N) is 1. The van der Waals surface area contributed by atoms with Gasteiger partial charge in [-0.05, 0) is 19.0 Å². The largest absolute Gasteiger partial charge is 0.299 e. The number of amides is 2. The van der Waals surface area contributed by atoms with Crippen LogP contribution in [0.25, 0.3) is 0 Å². The highest BCUT2D eigenvalue weighted by Gasteiger charge is 2.58. The van der Waals surface area contributed by atoms with Crippen LogP contribution in [0.4, 0.5) is 0 Å². The second-order valence-corrected chi connectivity index (χ2v) is 5.66. The number of piperidine rings is 1. The Kier molecular flexibility index (Phi) is 3.26. The van der Waals surface area contributed by atoms with E-state index in [0.29, 0.717) is 12.8 Å². The molecule has 2 aliphatic rings. The van der Waals surface area contributed by atoms with Crippen LogP contribution in [0.5, 0.6) is 0 Å². The predicted molar refractivity (Wildman–Crippen MR) is 75.7 cm³/mol. The fourth-order valence-electron chi connectivity index (χ4n) is 3.06. The zero-order chi connectivity index (χ0) is 15.0. The van der Waals surface area contributed by atoms with Gasteiger partial charge >= 0.3 is 0 Å². The molecular weight excluding hydrogens is 266 g/mol. The van der Waals surface area contributed by atoms with Crippen LogP contribution in [0, 0.1) is 23.2 Å². The third-order valence-electron chi connectivity index (χ3n) is 4.55. The molecule has 3 rings (SSSR count). The lowest BCUT2D eigenvalue weighted by atomic mass is 9.88. The third kappa shape index (κ3) is 2.12. The van der Waals surface area contributed by atoms with E-state index in [-0.39, 0.29) is 30.2 Å². The molecule has 1 aliphatic heterocycles. The fraction of sp³-hybridized carbons (Fsp3) is 0.438. The van der Waals surface area contributed by atoms with Gasteiger partial charge in [0, 0.05) is 13.0 Å². The van der Waals surface area contributed by atoms with Crippen molar-refractivity contribution in [1.82, 2.24) is 10.2 Å². The second-order valence-electron chi connectivity index (χ2n) is 5.66. The maximum atomic E-state index is 12.0. The van der Waals surface area contributed by atoms with E-state index in [9.17, 15) is 14.9 Å². The number of benzene rings is 1. The van der Waals surface area contributed by atoms with E-state index >= 15 is 0 Å². The van der Waals surface area contributed by atoms with E-state index in [1.54, 1.807) is 7.05 Å². The van der Waals surface area contributed by atoms with E-state index < -0.39 is 5.54 Å². The number of nitrogens with zero attached hydrogens (tertiary/aromatic N) is 2. The summed E-state index contributed by atoms with van der Waals surface area (Å²) in [7, 11) is 1.72. The first-order valence-electron chi connectivity index (χ1n) is 7.14. The van der Waals surface area contributed by atoms with Crippen LogP contribution in [0.15, 0.2) is 30.3 Å². The molecule has 21 heavy (non-hydrogen) atoms. The number of rotatable bonds is 5. The van der Waals surface area contributed by atoms with Crippen LogP contribution in [-0.4, -0.2) is 30.3 Å². The van der Waals surface area contributed by atoms with Gasteiger partial charge in [0.05, 0.1) is 17.9 Å². The Morgan fingerprint density at radius 3 is 2.43 bits per heavy atom. The van der Waals surface area contributed by atoms with Crippen LogP contribution in [0.3, 0.4) is 0 Å². The molecule has 0 aromatic heterocycles. The average Bonchev–Trinajstić information content (AvgIpc) is 3.28. The minimum Gasteiger partial charge on any atom is -0.299 e. The molecule has 1 heterocycles. The smallest absolute Gasteiger partial charge is 0.233 e. The molecule has 1 aromatic carbocycles. The molecule has 5 heteroatoms. The Bertz CT molecular complexity index is 602. The Balaban J connectivity index is 1.76. The maximum absolute atomic E-state index is 12.0. The fourth-order valence-corrected chi connectivity index (χ4v) is 3.06. The molecule has 0 spiro atoms. The summed E-state index contributed by atoms with van der Waals surface area (Å²) < 4.78 is 0. The molecule has 2 amide bonds. The molecule has 1 N–H and O–H groups in total. The number of nitriles is 1. The van der Waals surface area contributed by atoms with E-state index in [4.69, 9.17) is 0 Å². The summed E-state index contributed by atoms with van der Waals surface area (Å²) in [5, 5.41) is 12.6. The van der Waals surface area contributed by atoms with E-state index in [1.807, 2.05) is 30.3 Å². The Morgan fingerprint density at radius 2 is 1.90 bits per heavy atom. The van der Waals surface area contributed by atoms with Crippen LogP contribution >= 0.6 is 0 Å². The molecule has 2 fully saturated rings. The Hall–Kier alpha value is -2.19. The molecule has 1 saturated carbocycles. The highest BCUT2D eigenvalue weighted by Crippen LogP contribution is 2.47. The number of carbonyl (C=O) groups is 2. The summed E-state index contributed by atoms with van der Waals surface area (Å²) in [6.07, 6.45) is 1.10. The molecule has 5 nitrogen and oxygen atoms in total. The lowest BCUT2D eigenvalue weighted by Crippen LogP contribution is -2.43. The van der Waals surface area contributed by atoms with Crippen molar-refractivity contribution in [2.24, 2.45) is 11.8 Å². The molecule has 1 saturated heterocycles. The van der Waals surface area contributed by atoms with Crippen molar-refractivity contribution in [2.45, 2.75) is 18.4 Å². The van der Waals surface area contributed by atoms with Gasteiger partial charge in [-0.2, -0.15) is 5.26 Å². The number of hydrogen-bond donors (Lipinski definition) is 1. The van der Waals surface area contributed by atoms with Crippen LogP contribution in [0.2, 0.25) is 0 Å². The Morgan fingerprint density at radius 1 is 1.29 bits per heavy atom. The maximum Gasteiger partial charge on any atom is 0.233 e. The van der Waals surface area contributed by atoms with Crippen LogP contribution in [0.1, 0.15) is 18.4 Å². The van der Waals surface area contributed by atoms with Crippen molar-refractivity contribution >= 4 is 11.8 Å². The topological polar surface area (TPSA) is 73.2 Å². The minimum absolute atomic E-state index is 0.0685. The van der Waals surface area contributed by atoms with Gasteiger partial charge in [0.2, 0.25) is 11.8 Å². The van der Waals surface area contributed by atoms with Gasteiger partial charge in [0.25, 0.3) is 0 Å². The molecule has 3 atom stereocenters. The highest BCUT2D eigenvalue weighted by atomic mass is 16.2. The molecule has 108 valence electrons. The SMILES string of the molecule is CNC(C#N)(CCN1C(=O)C2CC2C1=O)c1ccccc1. The lowest BCUT2D eigenvalue weighted by molar-refractivity contribution is -0.141. The Labute approximate surface area is 123 Å². The highest BCUT2D eigenvalue weighted by molar-refractivity contribution is 6.08. The number of hydrogen-bond acceptors (Lipinski definition) is 4.